The first-order valence-corrected chi connectivity index (χ1v) is 7.41. The lowest BCUT2D eigenvalue weighted by Gasteiger charge is -2.23. The molecule has 1 N–H and O–H groups in total. The van der Waals surface area contributed by atoms with Gasteiger partial charge in [0, 0.05) is 5.69 Å². The van der Waals surface area contributed by atoms with E-state index in [1.807, 2.05) is 0 Å². The van der Waals surface area contributed by atoms with Gasteiger partial charge < -0.3 is 14.8 Å². The second kappa shape index (κ2) is 8.56. The Morgan fingerprint density at radius 3 is 2.25 bits per heavy atom. The summed E-state index contributed by atoms with van der Waals surface area (Å²) in [7, 11) is 1.50. The zero-order valence-electron chi connectivity index (χ0n) is 13.6. The molecule has 2 atom stereocenters. The van der Waals surface area contributed by atoms with Gasteiger partial charge in [-0.2, -0.15) is 13.2 Å². The van der Waals surface area contributed by atoms with Crippen LogP contribution >= 0.6 is 0 Å². The highest BCUT2D eigenvalue weighted by molar-refractivity contribution is 5.93. The van der Waals surface area contributed by atoms with E-state index < -0.39 is 30.1 Å². The third kappa shape index (κ3) is 5.75. The quantitative estimate of drug-likeness (QED) is 0.766. The lowest BCUT2D eigenvalue weighted by atomic mass is 9.99. The van der Waals surface area contributed by atoms with Crippen molar-refractivity contribution in [3.8, 4) is 5.75 Å². The lowest BCUT2D eigenvalue weighted by Crippen LogP contribution is -2.37. The van der Waals surface area contributed by atoms with Gasteiger partial charge in [0.25, 0.3) is 0 Å². The lowest BCUT2D eigenvalue weighted by molar-refractivity contribution is -0.207. The summed E-state index contributed by atoms with van der Waals surface area (Å²) < 4.78 is 46.5. The molecule has 0 bridgehead atoms. The van der Waals surface area contributed by atoms with E-state index >= 15 is 0 Å². The normalized spacial score (nSPS) is 13.8. The van der Waals surface area contributed by atoms with E-state index in [9.17, 15) is 22.8 Å². The first-order chi connectivity index (χ1) is 11.2. The summed E-state index contributed by atoms with van der Waals surface area (Å²) >= 11 is 0. The minimum absolute atomic E-state index is 0.152. The molecule has 1 rings (SSSR count). The smallest absolute Gasteiger partial charge is 0.490 e. The van der Waals surface area contributed by atoms with Crippen LogP contribution in [0.1, 0.15) is 26.7 Å². The number of hydrogen-bond acceptors (Lipinski definition) is 4. The third-order valence-corrected chi connectivity index (χ3v) is 3.39. The number of alkyl halides is 3. The Kier molecular flexibility index (Phi) is 7.06. The summed E-state index contributed by atoms with van der Waals surface area (Å²) in [5.41, 5.74) is 0.463. The minimum atomic E-state index is -5.09. The number of rotatable bonds is 7. The van der Waals surface area contributed by atoms with E-state index in [0.29, 0.717) is 17.9 Å². The van der Waals surface area contributed by atoms with Crippen molar-refractivity contribution in [1.82, 2.24) is 0 Å². The van der Waals surface area contributed by atoms with Crippen molar-refractivity contribution in [3.05, 3.63) is 24.3 Å². The topological polar surface area (TPSA) is 64.6 Å². The number of anilines is 1. The van der Waals surface area contributed by atoms with Gasteiger partial charge in [0.1, 0.15) is 11.9 Å². The Bertz CT molecular complexity index is 557. The van der Waals surface area contributed by atoms with Gasteiger partial charge >= 0.3 is 12.1 Å². The third-order valence-electron chi connectivity index (χ3n) is 3.39. The fourth-order valence-electron chi connectivity index (χ4n) is 2.00. The Morgan fingerprint density at radius 1 is 1.21 bits per heavy atom. The molecule has 0 spiro atoms. The van der Waals surface area contributed by atoms with E-state index in [2.05, 4.69) is 10.1 Å². The van der Waals surface area contributed by atoms with Gasteiger partial charge in [-0.15, -0.1) is 0 Å². The fraction of sp³-hybridized carbons (Fsp3) is 0.500. The molecule has 8 heteroatoms. The summed E-state index contributed by atoms with van der Waals surface area (Å²) in [6.07, 6.45) is -5.62. The number of ether oxygens (including phenoxy) is 2. The summed E-state index contributed by atoms with van der Waals surface area (Å²) in [6.45, 7) is 3.14. The number of carbonyl (C=O) groups is 2. The van der Waals surface area contributed by atoms with Crippen LogP contribution in [0.25, 0.3) is 0 Å². The minimum Gasteiger partial charge on any atom is -0.497 e. The van der Waals surface area contributed by atoms with E-state index in [1.165, 1.54) is 14.0 Å². The number of halogens is 3. The van der Waals surface area contributed by atoms with Crippen molar-refractivity contribution in [3.63, 3.8) is 0 Å². The molecule has 1 aromatic rings. The van der Waals surface area contributed by atoms with Crippen molar-refractivity contribution < 1.29 is 32.2 Å². The average Bonchev–Trinajstić information content (AvgIpc) is 2.53. The molecule has 0 saturated heterocycles. The number of benzene rings is 1. The molecule has 0 saturated carbocycles. The Hall–Kier alpha value is -2.25. The first kappa shape index (κ1) is 19.8. The molecule has 1 amide bonds. The molecule has 0 aliphatic carbocycles. The summed E-state index contributed by atoms with van der Waals surface area (Å²) in [6, 6.07) is 6.46. The molecule has 24 heavy (non-hydrogen) atoms. The Morgan fingerprint density at radius 2 is 1.79 bits per heavy atom. The van der Waals surface area contributed by atoms with Crippen LogP contribution in [0.4, 0.5) is 18.9 Å². The van der Waals surface area contributed by atoms with E-state index in [-0.39, 0.29) is 6.42 Å². The van der Waals surface area contributed by atoms with Crippen molar-refractivity contribution in [2.24, 2.45) is 5.92 Å². The van der Waals surface area contributed by atoms with Crippen LogP contribution < -0.4 is 10.1 Å². The number of methoxy groups -OCH3 is 1. The zero-order chi connectivity index (χ0) is 18.3. The maximum Gasteiger partial charge on any atom is 0.490 e. The van der Waals surface area contributed by atoms with Gasteiger partial charge in [-0.05, 0) is 30.7 Å². The zero-order valence-corrected chi connectivity index (χ0v) is 13.6. The average molecular weight is 347 g/mol. The van der Waals surface area contributed by atoms with Crippen molar-refractivity contribution >= 4 is 17.6 Å². The van der Waals surface area contributed by atoms with Gasteiger partial charge in [-0.3, -0.25) is 4.79 Å². The molecule has 5 nitrogen and oxygen atoms in total. The summed E-state index contributed by atoms with van der Waals surface area (Å²) in [5, 5.41) is 2.58. The Balaban J connectivity index is 2.75. The highest BCUT2D eigenvalue weighted by Crippen LogP contribution is 2.23. The SMILES string of the molecule is CCC[C@@H](OC(=O)C(F)(F)F)[C@H](C)C(=O)Nc1ccc(OC)cc1. The predicted molar refractivity (Wildman–Crippen MR) is 81.6 cm³/mol. The largest absolute Gasteiger partial charge is 0.497 e. The molecule has 0 aromatic heterocycles. The molecule has 134 valence electrons. The summed E-state index contributed by atoms with van der Waals surface area (Å²) in [4.78, 5) is 23.2. The number of hydrogen-bond donors (Lipinski definition) is 1. The van der Waals surface area contributed by atoms with Crippen LogP contribution in [0.3, 0.4) is 0 Å². The second-order valence-corrected chi connectivity index (χ2v) is 5.24. The molecule has 0 fully saturated rings. The van der Waals surface area contributed by atoms with E-state index in [4.69, 9.17) is 4.74 Å². The molecule has 0 aliphatic heterocycles. The number of nitrogens with one attached hydrogen (secondary N) is 1. The molecule has 1 aromatic carbocycles. The molecule has 0 aliphatic rings. The highest BCUT2D eigenvalue weighted by Gasteiger charge is 2.43. The van der Waals surface area contributed by atoms with Crippen LogP contribution in [-0.2, 0) is 14.3 Å². The molecular formula is C16H20F3NO4. The van der Waals surface area contributed by atoms with Crippen LogP contribution in [0.5, 0.6) is 5.75 Å². The maximum atomic E-state index is 12.3. The number of esters is 1. The maximum absolute atomic E-state index is 12.3. The predicted octanol–water partition coefficient (Wildman–Crippen LogP) is 3.54. The standard InChI is InChI=1S/C16H20F3NO4/c1-4-5-13(24-15(22)16(17,18)19)10(2)14(21)20-11-6-8-12(23-3)9-7-11/h6-10,13H,4-5H2,1-3H3,(H,20,21)/t10-,13+/m0/s1. The molecule has 0 heterocycles. The van der Waals surface area contributed by atoms with Gasteiger partial charge in [0.05, 0.1) is 13.0 Å². The molecular weight excluding hydrogens is 327 g/mol. The van der Waals surface area contributed by atoms with Gasteiger partial charge in [-0.25, -0.2) is 4.79 Å². The number of amides is 1. The first-order valence-electron chi connectivity index (χ1n) is 7.41. The fourth-order valence-corrected chi connectivity index (χ4v) is 2.00. The Labute approximate surface area is 138 Å². The summed E-state index contributed by atoms with van der Waals surface area (Å²) in [5.74, 6) is -3.15. The van der Waals surface area contributed by atoms with Crippen molar-refractivity contribution in [1.29, 1.82) is 0 Å². The van der Waals surface area contributed by atoms with Crippen molar-refractivity contribution in [2.75, 3.05) is 12.4 Å². The van der Waals surface area contributed by atoms with E-state index in [0.717, 1.165) is 0 Å². The van der Waals surface area contributed by atoms with Crippen LogP contribution in [-0.4, -0.2) is 31.3 Å². The van der Waals surface area contributed by atoms with Gasteiger partial charge in [0.2, 0.25) is 5.91 Å². The molecule has 0 radical (unpaired) electrons. The van der Waals surface area contributed by atoms with Crippen LogP contribution in [0.15, 0.2) is 24.3 Å². The number of carbonyl (C=O) groups excluding carboxylic acids is 2. The van der Waals surface area contributed by atoms with E-state index in [1.54, 1.807) is 31.2 Å². The van der Waals surface area contributed by atoms with Gasteiger partial charge in [0.15, 0.2) is 0 Å². The monoisotopic (exact) mass is 347 g/mol. The molecule has 0 unspecified atom stereocenters. The van der Waals surface area contributed by atoms with Gasteiger partial charge in [-0.1, -0.05) is 20.3 Å². The highest BCUT2D eigenvalue weighted by atomic mass is 19.4. The second-order valence-electron chi connectivity index (χ2n) is 5.24. The van der Waals surface area contributed by atoms with Crippen molar-refractivity contribution in [2.45, 2.75) is 39.0 Å². The van der Waals surface area contributed by atoms with Crippen LogP contribution in [0, 0.1) is 5.92 Å². The van der Waals surface area contributed by atoms with Crippen LogP contribution in [0.2, 0.25) is 0 Å².